The number of likely N-dealkylation sites (tertiary alicyclic amines) is 1. The van der Waals surface area contributed by atoms with Crippen LogP contribution in [-0.4, -0.2) is 30.7 Å². The van der Waals surface area contributed by atoms with Crippen LogP contribution in [0.25, 0.3) is 0 Å². The van der Waals surface area contributed by atoms with E-state index in [1.807, 2.05) is 30.3 Å². The molecule has 4 heteroatoms. The van der Waals surface area contributed by atoms with E-state index in [2.05, 4.69) is 4.90 Å². The van der Waals surface area contributed by atoms with Crippen LogP contribution in [-0.2, 0) is 14.3 Å². The normalized spacial score (nSPS) is 19.1. The fourth-order valence-corrected chi connectivity index (χ4v) is 2.34. The van der Waals surface area contributed by atoms with Crippen LogP contribution < -0.4 is 0 Å². The van der Waals surface area contributed by atoms with E-state index in [0.29, 0.717) is 6.47 Å². The fourth-order valence-electron chi connectivity index (χ4n) is 2.34. The largest absolute Gasteiger partial charge is 0.444 e. The molecule has 1 atom stereocenters. The molecule has 0 spiro atoms. The van der Waals surface area contributed by atoms with Crippen LogP contribution >= 0.6 is 0 Å². The van der Waals surface area contributed by atoms with Gasteiger partial charge in [0, 0.05) is 24.6 Å². The molecule has 0 N–H and O–H groups in total. The van der Waals surface area contributed by atoms with Crippen LogP contribution in [0.5, 0.6) is 0 Å². The average Bonchev–Trinajstić information content (AvgIpc) is 2.46. The molecule has 18 heavy (non-hydrogen) atoms. The van der Waals surface area contributed by atoms with Gasteiger partial charge < -0.3 is 9.53 Å². The Bertz CT molecular complexity index is 385. The summed E-state index contributed by atoms with van der Waals surface area (Å²) in [6, 6.07) is 9.67. The molecule has 0 bridgehead atoms. The summed E-state index contributed by atoms with van der Waals surface area (Å²) in [5.41, 5.74) is 0.967. The molecule has 0 aromatic heterocycles. The zero-order chi connectivity index (χ0) is 12.8. The zero-order valence-corrected chi connectivity index (χ0v) is 10.2. The van der Waals surface area contributed by atoms with Crippen molar-refractivity contribution in [2.24, 2.45) is 5.92 Å². The lowest BCUT2D eigenvalue weighted by molar-refractivity contribution is -0.146. The van der Waals surface area contributed by atoms with Crippen LogP contribution in [0.1, 0.15) is 24.6 Å². The molecule has 1 saturated heterocycles. The second-order valence-corrected chi connectivity index (χ2v) is 4.50. The number of rotatable bonds is 5. The predicted molar refractivity (Wildman–Crippen MR) is 66.7 cm³/mol. The van der Waals surface area contributed by atoms with Gasteiger partial charge in [-0.25, -0.2) is 0 Å². The molecule has 0 saturated carbocycles. The number of hydrogen-bond acceptors (Lipinski definition) is 4. The van der Waals surface area contributed by atoms with Crippen LogP contribution in [0, 0.1) is 5.92 Å². The first-order chi connectivity index (χ1) is 8.85. The van der Waals surface area contributed by atoms with E-state index < -0.39 is 0 Å². The third-order valence-electron chi connectivity index (χ3n) is 3.37. The maximum Gasteiger partial charge on any atom is 0.294 e. The van der Waals surface area contributed by atoms with Crippen molar-refractivity contribution < 1.29 is 14.3 Å². The molecule has 1 heterocycles. The maximum atomic E-state index is 10.7. The topological polar surface area (TPSA) is 46.6 Å². The van der Waals surface area contributed by atoms with E-state index in [9.17, 15) is 9.59 Å². The van der Waals surface area contributed by atoms with Crippen LogP contribution in [0.3, 0.4) is 0 Å². The third kappa shape index (κ3) is 2.96. The molecule has 1 aliphatic rings. The number of carbonyl (C=O) groups is 2. The highest BCUT2D eigenvalue weighted by molar-refractivity contribution is 5.53. The van der Waals surface area contributed by atoms with E-state index in [-0.39, 0.29) is 12.1 Å². The molecule has 96 valence electrons. The highest BCUT2D eigenvalue weighted by Gasteiger charge is 2.26. The minimum atomic E-state index is -0.337. The van der Waals surface area contributed by atoms with Crippen LogP contribution in [0.2, 0.25) is 0 Å². The van der Waals surface area contributed by atoms with Gasteiger partial charge in [0.15, 0.2) is 6.23 Å². The molecule has 0 aliphatic carbocycles. The molecule has 1 aromatic rings. The van der Waals surface area contributed by atoms with Gasteiger partial charge in [-0.15, -0.1) is 0 Å². The number of benzene rings is 1. The van der Waals surface area contributed by atoms with Crippen molar-refractivity contribution in [3.8, 4) is 0 Å². The second kappa shape index (κ2) is 6.31. The van der Waals surface area contributed by atoms with Gasteiger partial charge in [-0.2, -0.15) is 0 Å². The van der Waals surface area contributed by atoms with E-state index in [1.54, 1.807) is 0 Å². The quantitative estimate of drug-likeness (QED) is 0.744. The zero-order valence-electron chi connectivity index (χ0n) is 10.2. The third-order valence-corrected chi connectivity index (χ3v) is 3.37. The van der Waals surface area contributed by atoms with Gasteiger partial charge in [0.25, 0.3) is 6.47 Å². The van der Waals surface area contributed by atoms with Crippen molar-refractivity contribution in [2.45, 2.75) is 19.1 Å². The van der Waals surface area contributed by atoms with Gasteiger partial charge in [-0.3, -0.25) is 9.69 Å². The average molecular weight is 247 g/mol. The molecule has 1 fully saturated rings. The minimum absolute atomic E-state index is 0.147. The molecular formula is C14H17NO3. The first kappa shape index (κ1) is 12.8. The highest BCUT2D eigenvalue weighted by Crippen LogP contribution is 2.26. The Hall–Kier alpha value is -1.68. The summed E-state index contributed by atoms with van der Waals surface area (Å²) in [6.07, 6.45) is 2.34. The van der Waals surface area contributed by atoms with Crippen molar-refractivity contribution in [3.05, 3.63) is 35.9 Å². The number of piperidine rings is 1. The standard InChI is InChI=1S/C14H17NO3/c16-10-12-6-8-15(9-7-12)14(18-11-17)13-4-2-1-3-5-13/h1-5,10-12,14H,6-9H2. The SMILES string of the molecule is O=COC(c1ccccc1)N1CCC(C=O)CC1. The number of nitrogens with zero attached hydrogens (tertiary/aromatic N) is 1. The summed E-state index contributed by atoms with van der Waals surface area (Å²) in [6.45, 7) is 2.04. The molecule has 4 nitrogen and oxygen atoms in total. The van der Waals surface area contributed by atoms with Crippen LogP contribution in [0.4, 0.5) is 0 Å². The Morgan fingerprint density at radius 3 is 2.39 bits per heavy atom. The predicted octanol–water partition coefficient (Wildman–Crippen LogP) is 1.77. The van der Waals surface area contributed by atoms with E-state index >= 15 is 0 Å². The van der Waals surface area contributed by atoms with Crippen molar-refractivity contribution >= 4 is 12.8 Å². The Morgan fingerprint density at radius 2 is 1.83 bits per heavy atom. The van der Waals surface area contributed by atoms with Gasteiger partial charge in [-0.1, -0.05) is 30.3 Å². The molecule has 2 rings (SSSR count). The summed E-state index contributed by atoms with van der Waals surface area (Å²) in [5.74, 6) is 0.147. The van der Waals surface area contributed by atoms with Crippen molar-refractivity contribution in [3.63, 3.8) is 0 Å². The molecule has 1 aromatic carbocycles. The first-order valence-electron chi connectivity index (χ1n) is 6.18. The van der Waals surface area contributed by atoms with E-state index in [4.69, 9.17) is 4.74 Å². The monoisotopic (exact) mass is 247 g/mol. The summed E-state index contributed by atoms with van der Waals surface area (Å²) in [4.78, 5) is 23.5. The van der Waals surface area contributed by atoms with Crippen molar-refractivity contribution in [1.29, 1.82) is 0 Å². The molecular weight excluding hydrogens is 230 g/mol. The lowest BCUT2D eigenvalue weighted by Gasteiger charge is -2.34. The molecule has 1 aliphatic heterocycles. The number of hydrogen-bond donors (Lipinski definition) is 0. The second-order valence-electron chi connectivity index (χ2n) is 4.50. The van der Waals surface area contributed by atoms with E-state index in [0.717, 1.165) is 37.8 Å². The number of carbonyl (C=O) groups excluding carboxylic acids is 2. The van der Waals surface area contributed by atoms with Gasteiger partial charge >= 0.3 is 0 Å². The minimum Gasteiger partial charge on any atom is -0.444 e. The highest BCUT2D eigenvalue weighted by atomic mass is 16.5. The fraction of sp³-hybridized carbons (Fsp3) is 0.429. The number of aldehydes is 1. The van der Waals surface area contributed by atoms with Gasteiger partial charge in [-0.05, 0) is 12.8 Å². The lowest BCUT2D eigenvalue weighted by Crippen LogP contribution is -2.38. The number of ether oxygens (including phenoxy) is 1. The van der Waals surface area contributed by atoms with Crippen molar-refractivity contribution in [2.75, 3.05) is 13.1 Å². The summed E-state index contributed by atoms with van der Waals surface area (Å²) < 4.78 is 5.19. The Labute approximate surface area is 107 Å². The van der Waals surface area contributed by atoms with Gasteiger partial charge in [0.1, 0.15) is 6.29 Å². The molecule has 0 radical (unpaired) electrons. The Morgan fingerprint density at radius 1 is 1.17 bits per heavy atom. The summed E-state index contributed by atoms with van der Waals surface area (Å²) in [7, 11) is 0. The maximum absolute atomic E-state index is 10.7. The first-order valence-corrected chi connectivity index (χ1v) is 6.18. The van der Waals surface area contributed by atoms with E-state index in [1.165, 1.54) is 0 Å². The smallest absolute Gasteiger partial charge is 0.294 e. The Kier molecular flexibility index (Phi) is 4.47. The molecule has 0 amide bonds. The van der Waals surface area contributed by atoms with Crippen LogP contribution in [0.15, 0.2) is 30.3 Å². The Balaban J connectivity index is 2.07. The molecule has 1 unspecified atom stereocenters. The summed E-state index contributed by atoms with van der Waals surface area (Å²) in [5, 5.41) is 0. The lowest BCUT2D eigenvalue weighted by atomic mass is 9.98. The van der Waals surface area contributed by atoms with Gasteiger partial charge in [0.05, 0.1) is 0 Å². The summed E-state index contributed by atoms with van der Waals surface area (Å²) >= 11 is 0. The van der Waals surface area contributed by atoms with Crippen molar-refractivity contribution in [1.82, 2.24) is 4.90 Å². The van der Waals surface area contributed by atoms with Gasteiger partial charge in [0.2, 0.25) is 0 Å².